The van der Waals surface area contributed by atoms with Crippen LogP contribution >= 0.6 is 0 Å². The van der Waals surface area contributed by atoms with Gasteiger partial charge in [0, 0.05) is 19.4 Å². The molecule has 0 amide bonds. The fourth-order valence-electron chi connectivity index (χ4n) is 2.40. The Kier molecular flexibility index (Phi) is 5.41. The highest BCUT2D eigenvalue weighted by Gasteiger charge is 2.14. The number of aromatic amines is 1. The average molecular weight is 367 g/mol. The summed E-state index contributed by atoms with van der Waals surface area (Å²) < 4.78 is 27.0. The normalized spacial score (nSPS) is 11.2. The van der Waals surface area contributed by atoms with E-state index in [0.717, 1.165) is 11.4 Å². The quantitative estimate of drug-likeness (QED) is 0.661. The first-order chi connectivity index (χ1) is 12.6. The molecule has 1 heterocycles. The van der Waals surface area contributed by atoms with Gasteiger partial charge in [0.1, 0.15) is 5.82 Å². The first-order valence-corrected chi connectivity index (χ1v) is 9.49. The number of H-pyrrole nitrogens is 1. The molecule has 132 valence electrons. The zero-order valence-corrected chi connectivity index (χ0v) is 14.7. The molecule has 1 aromatic heterocycles. The molecular weight excluding hydrogens is 350 g/mol. The molecule has 0 unspecified atom stereocenters. The molecule has 0 radical (unpaired) electrons. The summed E-state index contributed by atoms with van der Waals surface area (Å²) >= 11 is 0. The summed E-state index contributed by atoms with van der Waals surface area (Å²) in [4.78, 5) is 4.50. The van der Waals surface area contributed by atoms with Crippen LogP contribution in [0.15, 0.2) is 59.5 Å². The van der Waals surface area contributed by atoms with Crippen molar-refractivity contribution in [3.05, 3.63) is 77.4 Å². The van der Waals surface area contributed by atoms with Crippen molar-refractivity contribution < 1.29 is 8.42 Å². The molecule has 0 bridgehead atoms. The Morgan fingerprint density at radius 3 is 2.50 bits per heavy atom. The molecule has 0 atom stereocenters. The van der Waals surface area contributed by atoms with Crippen LogP contribution in [-0.4, -0.2) is 30.1 Å². The lowest BCUT2D eigenvalue weighted by atomic mass is 10.1. The highest BCUT2D eigenvalue weighted by molar-refractivity contribution is 7.89. The van der Waals surface area contributed by atoms with E-state index in [9.17, 15) is 8.42 Å². The fourth-order valence-corrected chi connectivity index (χ4v) is 3.44. The van der Waals surface area contributed by atoms with Crippen molar-refractivity contribution in [3.8, 4) is 6.07 Å². The number of nitriles is 1. The predicted molar refractivity (Wildman–Crippen MR) is 95.7 cm³/mol. The molecule has 2 N–H and O–H groups in total. The SMILES string of the molecule is N#Cc1ccc(S(=O)(=O)NCCc2n[nH]c(Cc3ccccc3)n2)cc1. The summed E-state index contributed by atoms with van der Waals surface area (Å²) in [6.07, 6.45) is 1.02. The lowest BCUT2D eigenvalue weighted by Gasteiger charge is -2.05. The van der Waals surface area contributed by atoms with Gasteiger partial charge in [-0.15, -0.1) is 0 Å². The molecule has 0 spiro atoms. The van der Waals surface area contributed by atoms with Gasteiger partial charge in [-0.3, -0.25) is 5.10 Å². The molecule has 3 aromatic rings. The molecule has 0 fully saturated rings. The molecule has 8 heteroatoms. The maximum absolute atomic E-state index is 12.2. The molecule has 0 aliphatic rings. The van der Waals surface area contributed by atoms with Crippen molar-refractivity contribution in [2.75, 3.05) is 6.54 Å². The minimum atomic E-state index is -3.62. The van der Waals surface area contributed by atoms with E-state index in [4.69, 9.17) is 5.26 Å². The zero-order chi connectivity index (χ0) is 18.4. The van der Waals surface area contributed by atoms with Gasteiger partial charge in [0.05, 0.1) is 16.5 Å². The standard InChI is InChI=1S/C18H17N5O2S/c19-13-15-6-8-16(9-7-15)26(24,25)20-11-10-17-21-18(23-22-17)12-14-4-2-1-3-5-14/h1-9,20H,10-12H2,(H,21,22,23). The van der Waals surface area contributed by atoms with Crippen molar-refractivity contribution >= 4 is 10.0 Å². The minimum absolute atomic E-state index is 0.122. The molecule has 0 aliphatic heterocycles. The van der Waals surface area contributed by atoms with Crippen LogP contribution in [0, 0.1) is 11.3 Å². The second-order valence-corrected chi connectivity index (χ2v) is 7.41. The lowest BCUT2D eigenvalue weighted by Crippen LogP contribution is -2.26. The van der Waals surface area contributed by atoms with Crippen LogP contribution in [0.2, 0.25) is 0 Å². The third-order valence-electron chi connectivity index (χ3n) is 3.73. The van der Waals surface area contributed by atoms with Crippen molar-refractivity contribution in [1.29, 1.82) is 5.26 Å². The Morgan fingerprint density at radius 2 is 1.81 bits per heavy atom. The van der Waals surface area contributed by atoms with Crippen molar-refractivity contribution in [2.45, 2.75) is 17.7 Å². The van der Waals surface area contributed by atoms with Crippen LogP contribution in [0.1, 0.15) is 22.8 Å². The number of nitrogens with one attached hydrogen (secondary N) is 2. The van der Waals surface area contributed by atoms with E-state index in [-0.39, 0.29) is 11.4 Å². The minimum Gasteiger partial charge on any atom is -0.263 e. The van der Waals surface area contributed by atoms with Gasteiger partial charge in [-0.2, -0.15) is 10.4 Å². The number of benzene rings is 2. The Balaban J connectivity index is 1.55. The van der Waals surface area contributed by atoms with Crippen molar-refractivity contribution in [1.82, 2.24) is 19.9 Å². The van der Waals surface area contributed by atoms with Gasteiger partial charge in [0.15, 0.2) is 5.82 Å². The van der Waals surface area contributed by atoms with Crippen LogP contribution in [0.3, 0.4) is 0 Å². The van der Waals surface area contributed by atoms with Crippen LogP contribution in [0.25, 0.3) is 0 Å². The van der Waals surface area contributed by atoms with Gasteiger partial charge in [-0.25, -0.2) is 18.1 Å². The fraction of sp³-hybridized carbons (Fsp3) is 0.167. The third kappa shape index (κ3) is 4.53. The van der Waals surface area contributed by atoms with Crippen LogP contribution in [0.4, 0.5) is 0 Å². The third-order valence-corrected chi connectivity index (χ3v) is 5.20. The van der Waals surface area contributed by atoms with Gasteiger partial charge >= 0.3 is 0 Å². The maximum Gasteiger partial charge on any atom is 0.240 e. The Morgan fingerprint density at radius 1 is 1.08 bits per heavy atom. The average Bonchev–Trinajstić information content (AvgIpc) is 3.09. The highest BCUT2D eigenvalue weighted by Crippen LogP contribution is 2.10. The van der Waals surface area contributed by atoms with E-state index in [1.807, 2.05) is 36.4 Å². The monoisotopic (exact) mass is 367 g/mol. The second-order valence-electron chi connectivity index (χ2n) is 5.64. The summed E-state index contributed by atoms with van der Waals surface area (Å²) in [5.41, 5.74) is 1.53. The Bertz CT molecular complexity index is 1010. The molecular formula is C18H17N5O2S. The first kappa shape index (κ1) is 17.8. The van der Waals surface area contributed by atoms with E-state index < -0.39 is 10.0 Å². The Hall–Kier alpha value is -3.02. The summed E-state index contributed by atoms with van der Waals surface area (Å²) in [5.74, 6) is 1.29. The number of rotatable bonds is 7. The molecule has 0 aliphatic carbocycles. The number of aromatic nitrogens is 3. The van der Waals surface area contributed by atoms with E-state index in [1.54, 1.807) is 0 Å². The van der Waals surface area contributed by atoms with Gasteiger partial charge in [0.2, 0.25) is 10.0 Å². The molecule has 0 saturated carbocycles. The topological polar surface area (TPSA) is 112 Å². The van der Waals surface area contributed by atoms with Gasteiger partial charge in [-0.1, -0.05) is 30.3 Å². The highest BCUT2D eigenvalue weighted by atomic mass is 32.2. The Labute approximate surface area is 151 Å². The van der Waals surface area contributed by atoms with Crippen LogP contribution in [0.5, 0.6) is 0 Å². The second kappa shape index (κ2) is 7.91. The number of nitrogens with zero attached hydrogens (tertiary/aromatic N) is 3. The summed E-state index contributed by atoms with van der Waals surface area (Å²) in [6, 6.07) is 17.6. The lowest BCUT2D eigenvalue weighted by molar-refractivity contribution is 0.581. The largest absolute Gasteiger partial charge is 0.263 e. The predicted octanol–water partition coefficient (Wildman–Crippen LogP) is 1.79. The number of hydrogen-bond acceptors (Lipinski definition) is 5. The summed E-state index contributed by atoms with van der Waals surface area (Å²) in [7, 11) is -3.62. The van der Waals surface area contributed by atoms with E-state index in [1.165, 1.54) is 24.3 Å². The van der Waals surface area contributed by atoms with E-state index in [2.05, 4.69) is 19.9 Å². The molecule has 2 aromatic carbocycles. The van der Waals surface area contributed by atoms with Gasteiger partial charge < -0.3 is 0 Å². The zero-order valence-electron chi connectivity index (χ0n) is 13.9. The number of hydrogen-bond donors (Lipinski definition) is 2. The van der Waals surface area contributed by atoms with Crippen molar-refractivity contribution in [2.24, 2.45) is 0 Å². The van der Waals surface area contributed by atoms with Crippen LogP contribution < -0.4 is 4.72 Å². The van der Waals surface area contributed by atoms with E-state index >= 15 is 0 Å². The van der Waals surface area contributed by atoms with Crippen LogP contribution in [-0.2, 0) is 22.9 Å². The van der Waals surface area contributed by atoms with Gasteiger partial charge in [-0.05, 0) is 29.8 Å². The maximum atomic E-state index is 12.2. The van der Waals surface area contributed by atoms with E-state index in [0.29, 0.717) is 24.2 Å². The first-order valence-electron chi connectivity index (χ1n) is 8.01. The van der Waals surface area contributed by atoms with Crippen molar-refractivity contribution in [3.63, 3.8) is 0 Å². The molecule has 3 rings (SSSR count). The molecule has 7 nitrogen and oxygen atoms in total. The number of sulfonamides is 1. The molecule has 0 saturated heterocycles. The van der Waals surface area contributed by atoms with Gasteiger partial charge in [0.25, 0.3) is 0 Å². The summed E-state index contributed by atoms with van der Waals surface area (Å²) in [6.45, 7) is 0.185. The molecule has 26 heavy (non-hydrogen) atoms. The smallest absolute Gasteiger partial charge is 0.240 e. The summed E-state index contributed by atoms with van der Waals surface area (Å²) in [5, 5.41) is 15.8.